The summed E-state index contributed by atoms with van der Waals surface area (Å²) in [4.78, 5) is 1.96. The van der Waals surface area contributed by atoms with Crippen molar-refractivity contribution in [1.29, 1.82) is 0 Å². The van der Waals surface area contributed by atoms with Gasteiger partial charge < -0.3 is 10.2 Å². The fourth-order valence-corrected chi connectivity index (χ4v) is 2.21. The van der Waals surface area contributed by atoms with Gasteiger partial charge >= 0.3 is 6.18 Å². The van der Waals surface area contributed by atoms with Crippen LogP contribution in [0.3, 0.4) is 0 Å². The van der Waals surface area contributed by atoms with Gasteiger partial charge in [0, 0.05) is 18.3 Å². The predicted molar refractivity (Wildman–Crippen MR) is 61.0 cm³/mol. The molecule has 0 spiro atoms. The van der Waals surface area contributed by atoms with Crippen LogP contribution < -0.4 is 5.32 Å². The SMILES string of the molecule is CN(C)[C@H]1CCNc2ccc(C(F)(F)F)cc21. The van der Waals surface area contributed by atoms with Crippen LogP contribution >= 0.6 is 0 Å². The lowest BCUT2D eigenvalue weighted by Crippen LogP contribution is -2.27. The number of hydrogen-bond acceptors (Lipinski definition) is 2. The lowest BCUT2D eigenvalue weighted by atomic mass is 9.95. The van der Waals surface area contributed by atoms with Crippen LogP contribution in [0.5, 0.6) is 0 Å². The number of halogens is 3. The van der Waals surface area contributed by atoms with Crippen molar-refractivity contribution in [1.82, 2.24) is 4.90 Å². The zero-order valence-electron chi connectivity index (χ0n) is 9.80. The monoisotopic (exact) mass is 244 g/mol. The normalized spacial score (nSPS) is 20.0. The summed E-state index contributed by atoms with van der Waals surface area (Å²) >= 11 is 0. The first-order valence-corrected chi connectivity index (χ1v) is 5.51. The van der Waals surface area contributed by atoms with E-state index in [4.69, 9.17) is 0 Å². The van der Waals surface area contributed by atoms with E-state index >= 15 is 0 Å². The Labute approximate surface area is 98.4 Å². The lowest BCUT2D eigenvalue weighted by Gasteiger charge is -2.32. The Morgan fingerprint density at radius 1 is 1.29 bits per heavy atom. The number of fused-ring (bicyclic) bond motifs is 1. The molecule has 0 bridgehead atoms. The summed E-state index contributed by atoms with van der Waals surface area (Å²) in [5.74, 6) is 0. The van der Waals surface area contributed by atoms with E-state index in [1.165, 1.54) is 12.1 Å². The molecule has 1 N–H and O–H groups in total. The van der Waals surface area contributed by atoms with Crippen molar-refractivity contribution in [2.24, 2.45) is 0 Å². The van der Waals surface area contributed by atoms with Crippen LogP contribution in [0.25, 0.3) is 0 Å². The fraction of sp³-hybridized carbons (Fsp3) is 0.500. The van der Waals surface area contributed by atoms with Gasteiger partial charge in [0.2, 0.25) is 0 Å². The molecule has 1 aromatic carbocycles. The molecule has 17 heavy (non-hydrogen) atoms. The van der Waals surface area contributed by atoms with E-state index in [1.54, 1.807) is 0 Å². The van der Waals surface area contributed by atoms with Gasteiger partial charge in [0.05, 0.1) is 5.56 Å². The average molecular weight is 244 g/mol. The van der Waals surface area contributed by atoms with Crippen molar-refractivity contribution in [3.05, 3.63) is 29.3 Å². The van der Waals surface area contributed by atoms with Crippen molar-refractivity contribution in [3.8, 4) is 0 Å². The highest BCUT2D eigenvalue weighted by molar-refractivity contribution is 5.56. The Bertz CT molecular complexity index is 413. The summed E-state index contributed by atoms with van der Waals surface area (Å²) in [6, 6.07) is 3.96. The second kappa shape index (κ2) is 4.22. The molecule has 1 aliphatic rings. The third-order valence-corrected chi connectivity index (χ3v) is 3.09. The zero-order chi connectivity index (χ0) is 12.6. The smallest absolute Gasteiger partial charge is 0.385 e. The van der Waals surface area contributed by atoms with Gasteiger partial charge in [-0.25, -0.2) is 0 Å². The molecule has 2 rings (SSSR count). The first kappa shape index (κ1) is 12.2. The van der Waals surface area contributed by atoms with Gasteiger partial charge in [0.15, 0.2) is 0 Å². The van der Waals surface area contributed by atoms with Gasteiger partial charge in [-0.15, -0.1) is 0 Å². The van der Waals surface area contributed by atoms with E-state index < -0.39 is 11.7 Å². The van der Waals surface area contributed by atoms with E-state index in [0.29, 0.717) is 0 Å². The van der Waals surface area contributed by atoms with E-state index in [1.807, 2.05) is 19.0 Å². The molecular formula is C12H15F3N2. The fourth-order valence-electron chi connectivity index (χ4n) is 2.21. The Kier molecular flexibility index (Phi) is 3.03. The summed E-state index contributed by atoms with van der Waals surface area (Å²) in [6.45, 7) is 0.793. The van der Waals surface area contributed by atoms with E-state index in [9.17, 15) is 13.2 Å². The lowest BCUT2D eigenvalue weighted by molar-refractivity contribution is -0.137. The topological polar surface area (TPSA) is 15.3 Å². The van der Waals surface area contributed by atoms with Crippen LogP contribution in [0.2, 0.25) is 0 Å². The molecule has 0 amide bonds. The number of benzene rings is 1. The summed E-state index contributed by atoms with van der Waals surface area (Å²) in [7, 11) is 3.78. The first-order chi connectivity index (χ1) is 7.89. The molecule has 94 valence electrons. The summed E-state index contributed by atoms with van der Waals surface area (Å²) in [6.07, 6.45) is -3.45. The molecule has 1 aliphatic heterocycles. The molecule has 1 heterocycles. The molecule has 0 saturated heterocycles. The highest BCUT2D eigenvalue weighted by Crippen LogP contribution is 2.37. The van der Waals surface area contributed by atoms with Gasteiger partial charge in [-0.2, -0.15) is 13.2 Å². The molecule has 1 atom stereocenters. The van der Waals surface area contributed by atoms with Crippen molar-refractivity contribution >= 4 is 5.69 Å². The van der Waals surface area contributed by atoms with Crippen LogP contribution in [0.1, 0.15) is 23.6 Å². The molecule has 0 saturated carbocycles. The maximum atomic E-state index is 12.7. The third-order valence-electron chi connectivity index (χ3n) is 3.09. The van der Waals surface area contributed by atoms with Crippen LogP contribution in [0, 0.1) is 0 Å². The van der Waals surface area contributed by atoms with Gasteiger partial charge in [-0.1, -0.05) is 0 Å². The van der Waals surface area contributed by atoms with Gasteiger partial charge in [0.1, 0.15) is 0 Å². The van der Waals surface area contributed by atoms with Crippen LogP contribution in [0.4, 0.5) is 18.9 Å². The summed E-state index contributed by atoms with van der Waals surface area (Å²) in [5.41, 5.74) is 0.964. The second-order valence-corrected chi connectivity index (χ2v) is 4.49. The van der Waals surface area contributed by atoms with E-state index in [2.05, 4.69) is 5.32 Å². The number of nitrogens with zero attached hydrogens (tertiary/aromatic N) is 1. The third kappa shape index (κ3) is 2.39. The second-order valence-electron chi connectivity index (χ2n) is 4.49. The number of anilines is 1. The number of hydrogen-bond donors (Lipinski definition) is 1. The van der Waals surface area contributed by atoms with Crippen molar-refractivity contribution in [2.75, 3.05) is 26.0 Å². The van der Waals surface area contributed by atoms with Crippen molar-refractivity contribution in [3.63, 3.8) is 0 Å². The maximum absolute atomic E-state index is 12.7. The Morgan fingerprint density at radius 3 is 2.59 bits per heavy atom. The van der Waals surface area contributed by atoms with Gasteiger partial charge in [0.25, 0.3) is 0 Å². The molecular weight excluding hydrogens is 229 g/mol. The minimum Gasteiger partial charge on any atom is -0.385 e. The largest absolute Gasteiger partial charge is 0.416 e. The predicted octanol–water partition coefficient (Wildman–Crippen LogP) is 3.12. The minimum atomic E-state index is -4.27. The first-order valence-electron chi connectivity index (χ1n) is 5.51. The Morgan fingerprint density at radius 2 is 2.00 bits per heavy atom. The summed E-state index contributed by atoms with van der Waals surface area (Å²) < 4.78 is 38.0. The highest BCUT2D eigenvalue weighted by atomic mass is 19.4. The van der Waals surface area contributed by atoms with Gasteiger partial charge in [-0.3, -0.25) is 0 Å². The van der Waals surface area contributed by atoms with Crippen molar-refractivity contribution < 1.29 is 13.2 Å². The average Bonchev–Trinajstić information content (AvgIpc) is 2.26. The van der Waals surface area contributed by atoms with Crippen LogP contribution in [0.15, 0.2) is 18.2 Å². The van der Waals surface area contributed by atoms with Crippen molar-refractivity contribution in [2.45, 2.75) is 18.6 Å². The number of rotatable bonds is 1. The molecule has 0 unspecified atom stereocenters. The molecule has 0 aromatic heterocycles. The molecule has 5 heteroatoms. The van der Waals surface area contributed by atoms with Crippen LogP contribution in [-0.2, 0) is 6.18 Å². The van der Waals surface area contributed by atoms with E-state index in [0.717, 1.165) is 30.3 Å². The Balaban J connectivity index is 2.44. The Hall–Kier alpha value is -1.23. The summed E-state index contributed by atoms with van der Waals surface area (Å²) in [5, 5.41) is 3.13. The zero-order valence-corrected chi connectivity index (χ0v) is 9.80. The van der Waals surface area contributed by atoms with Crippen LogP contribution in [-0.4, -0.2) is 25.5 Å². The molecule has 2 nitrogen and oxygen atoms in total. The molecule has 0 fully saturated rings. The molecule has 0 radical (unpaired) electrons. The highest BCUT2D eigenvalue weighted by Gasteiger charge is 2.32. The number of nitrogens with one attached hydrogen (secondary N) is 1. The quantitative estimate of drug-likeness (QED) is 0.816. The standard InChI is InChI=1S/C12H15F3N2/c1-17(2)11-5-6-16-10-4-3-8(7-9(10)11)12(13,14)15/h3-4,7,11,16H,5-6H2,1-2H3/t11-/m0/s1. The minimum absolute atomic E-state index is 0.0496. The molecule has 1 aromatic rings. The van der Waals surface area contributed by atoms with E-state index in [-0.39, 0.29) is 6.04 Å². The number of alkyl halides is 3. The van der Waals surface area contributed by atoms with Gasteiger partial charge in [-0.05, 0) is 44.3 Å². The maximum Gasteiger partial charge on any atom is 0.416 e. The molecule has 0 aliphatic carbocycles.